The van der Waals surface area contributed by atoms with Crippen molar-refractivity contribution in [3.8, 4) is 5.75 Å². The Morgan fingerprint density at radius 3 is 2.26 bits per heavy atom. The maximum atomic E-state index is 13.5. The second kappa shape index (κ2) is 11.9. The molecule has 2 rings (SSSR count). The normalized spacial score (nSPS) is 12.1. The van der Waals surface area contributed by atoms with E-state index in [1.165, 1.54) is 4.90 Å². The Morgan fingerprint density at radius 1 is 1.09 bits per heavy atom. The van der Waals surface area contributed by atoms with Crippen molar-refractivity contribution in [2.45, 2.75) is 46.7 Å². The van der Waals surface area contributed by atoms with Crippen molar-refractivity contribution in [1.82, 2.24) is 10.2 Å². The number of methoxy groups -OCH3 is 1. The Morgan fingerprint density at radius 2 is 1.74 bits per heavy atom. The van der Waals surface area contributed by atoms with Crippen molar-refractivity contribution in [3.05, 3.63) is 59.2 Å². The van der Waals surface area contributed by atoms with Gasteiger partial charge in [-0.15, -0.1) is 0 Å². The van der Waals surface area contributed by atoms with E-state index in [9.17, 15) is 18.0 Å². The van der Waals surface area contributed by atoms with Crippen LogP contribution in [-0.4, -0.2) is 57.6 Å². The number of nitrogens with one attached hydrogen (secondary N) is 1. The van der Waals surface area contributed by atoms with Gasteiger partial charge in [0.05, 0.1) is 19.1 Å². The number of hydrogen-bond acceptors (Lipinski definition) is 5. The fourth-order valence-corrected chi connectivity index (χ4v) is 4.49. The smallest absolute Gasteiger partial charge is 0.244 e. The molecule has 0 heterocycles. The lowest BCUT2D eigenvalue weighted by Crippen LogP contribution is -2.51. The van der Waals surface area contributed by atoms with Crippen LogP contribution in [0.25, 0.3) is 0 Å². The summed E-state index contributed by atoms with van der Waals surface area (Å²) >= 11 is 0. The summed E-state index contributed by atoms with van der Waals surface area (Å²) in [5.74, 6) is -0.0880. The second-order valence-electron chi connectivity index (χ2n) is 8.40. The third-order valence-electron chi connectivity index (χ3n) is 5.53. The first kappa shape index (κ1) is 27.2. The maximum absolute atomic E-state index is 13.5. The SMILES string of the molecule is CCCNC(=O)[C@H](C)N(Cc1ccc(OC)cc1)C(=O)CN(c1ccc(C)cc1C)S(C)(=O)=O. The van der Waals surface area contributed by atoms with Crippen LogP contribution in [0.3, 0.4) is 0 Å². The van der Waals surface area contributed by atoms with Gasteiger partial charge in [-0.25, -0.2) is 8.42 Å². The summed E-state index contributed by atoms with van der Waals surface area (Å²) in [5.41, 5.74) is 2.97. The Bertz CT molecular complexity index is 1100. The molecule has 2 aromatic rings. The molecule has 1 atom stereocenters. The molecule has 0 aliphatic carbocycles. The van der Waals surface area contributed by atoms with Gasteiger partial charge < -0.3 is 15.0 Å². The van der Waals surface area contributed by atoms with E-state index in [2.05, 4.69) is 5.32 Å². The fourth-order valence-electron chi connectivity index (χ4n) is 3.59. The van der Waals surface area contributed by atoms with Gasteiger partial charge in [0.15, 0.2) is 0 Å². The van der Waals surface area contributed by atoms with Crippen molar-refractivity contribution in [1.29, 1.82) is 0 Å². The number of amides is 2. The number of carbonyl (C=O) groups excluding carboxylic acids is 2. The van der Waals surface area contributed by atoms with E-state index in [-0.39, 0.29) is 12.5 Å². The summed E-state index contributed by atoms with van der Waals surface area (Å²) in [5, 5.41) is 2.82. The van der Waals surface area contributed by atoms with Crippen LogP contribution in [-0.2, 0) is 26.2 Å². The highest BCUT2D eigenvalue weighted by Crippen LogP contribution is 2.24. The minimum absolute atomic E-state index is 0.147. The first-order chi connectivity index (χ1) is 16.0. The number of carbonyl (C=O) groups is 2. The van der Waals surface area contributed by atoms with E-state index < -0.39 is 28.5 Å². The molecule has 0 saturated heterocycles. The molecule has 0 aliphatic heterocycles. The molecule has 8 nitrogen and oxygen atoms in total. The summed E-state index contributed by atoms with van der Waals surface area (Å²) in [7, 11) is -2.19. The fraction of sp³-hybridized carbons (Fsp3) is 0.440. The summed E-state index contributed by atoms with van der Waals surface area (Å²) < 4.78 is 31.6. The highest BCUT2D eigenvalue weighted by atomic mass is 32.2. The summed E-state index contributed by atoms with van der Waals surface area (Å²) in [6.45, 7) is 7.54. The van der Waals surface area contributed by atoms with Gasteiger partial charge in [-0.3, -0.25) is 13.9 Å². The van der Waals surface area contributed by atoms with Gasteiger partial charge >= 0.3 is 0 Å². The molecular formula is C25H35N3O5S. The summed E-state index contributed by atoms with van der Waals surface area (Å²) in [6, 6.07) is 11.8. The Labute approximate surface area is 202 Å². The minimum atomic E-state index is -3.76. The van der Waals surface area contributed by atoms with Crippen molar-refractivity contribution < 1.29 is 22.7 Å². The standard InChI is InChI=1S/C25H35N3O5S/c1-7-14-26-25(30)20(4)27(16-21-9-11-22(33-5)12-10-21)24(29)17-28(34(6,31)32)23-13-8-18(2)15-19(23)3/h8-13,15,20H,7,14,16-17H2,1-6H3,(H,26,30)/t20-/m0/s1. The molecule has 0 spiro atoms. The molecule has 9 heteroatoms. The summed E-state index contributed by atoms with van der Waals surface area (Å²) in [4.78, 5) is 27.7. The highest BCUT2D eigenvalue weighted by molar-refractivity contribution is 7.92. The van der Waals surface area contributed by atoms with Gasteiger partial charge in [-0.2, -0.15) is 0 Å². The zero-order valence-corrected chi connectivity index (χ0v) is 21.6. The predicted molar refractivity (Wildman–Crippen MR) is 134 cm³/mol. The van der Waals surface area contributed by atoms with Gasteiger partial charge in [0.25, 0.3) is 0 Å². The molecule has 0 aromatic heterocycles. The Balaban J connectivity index is 2.39. The van der Waals surface area contributed by atoms with Crippen LogP contribution in [0.5, 0.6) is 5.75 Å². The van der Waals surface area contributed by atoms with Crippen LogP contribution in [0.2, 0.25) is 0 Å². The molecule has 0 fully saturated rings. The van der Waals surface area contributed by atoms with Crippen LogP contribution in [0.1, 0.15) is 37.0 Å². The van der Waals surface area contributed by atoms with E-state index in [1.54, 1.807) is 45.2 Å². The molecule has 2 aromatic carbocycles. The molecular weight excluding hydrogens is 454 g/mol. The number of aryl methyl sites for hydroxylation is 2. The molecule has 0 bridgehead atoms. The largest absolute Gasteiger partial charge is 0.497 e. The van der Waals surface area contributed by atoms with Gasteiger partial charge in [-0.1, -0.05) is 36.8 Å². The van der Waals surface area contributed by atoms with Gasteiger partial charge in [0.2, 0.25) is 21.8 Å². The molecule has 0 unspecified atom stereocenters. The van der Waals surface area contributed by atoms with Gasteiger partial charge in [0, 0.05) is 13.1 Å². The molecule has 186 valence electrons. The lowest BCUT2D eigenvalue weighted by molar-refractivity contribution is -0.139. The highest BCUT2D eigenvalue weighted by Gasteiger charge is 2.30. The quantitative estimate of drug-likeness (QED) is 0.523. The third kappa shape index (κ3) is 7.21. The Kier molecular flexibility index (Phi) is 9.49. The topological polar surface area (TPSA) is 96.0 Å². The van der Waals surface area contributed by atoms with Gasteiger partial charge in [-0.05, 0) is 56.5 Å². The zero-order chi connectivity index (χ0) is 25.5. The van der Waals surface area contributed by atoms with Crippen LogP contribution in [0, 0.1) is 13.8 Å². The number of rotatable bonds is 11. The Hall–Kier alpha value is -3.07. The van der Waals surface area contributed by atoms with E-state index in [4.69, 9.17) is 4.74 Å². The molecule has 0 radical (unpaired) electrons. The van der Waals surface area contributed by atoms with Crippen LogP contribution < -0.4 is 14.4 Å². The van der Waals surface area contributed by atoms with Crippen molar-refractivity contribution in [2.24, 2.45) is 0 Å². The number of hydrogen-bond donors (Lipinski definition) is 1. The molecule has 0 aliphatic rings. The number of nitrogens with zero attached hydrogens (tertiary/aromatic N) is 2. The van der Waals surface area contributed by atoms with E-state index in [1.807, 2.05) is 32.0 Å². The van der Waals surface area contributed by atoms with Crippen molar-refractivity contribution in [3.63, 3.8) is 0 Å². The molecule has 2 amide bonds. The third-order valence-corrected chi connectivity index (χ3v) is 6.66. The molecule has 1 N–H and O–H groups in total. The number of ether oxygens (including phenoxy) is 1. The van der Waals surface area contributed by atoms with E-state index in [0.717, 1.165) is 33.7 Å². The van der Waals surface area contributed by atoms with Crippen molar-refractivity contribution in [2.75, 3.05) is 30.8 Å². The number of sulfonamides is 1. The molecule has 34 heavy (non-hydrogen) atoms. The average Bonchev–Trinajstić information content (AvgIpc) is 2.79. The predicted octanol–water partition coefficient (Wildman–Crippen LogP) is 3.02. The summed E-state index contributed by atoms with van der Waals surface area (Å²) in [6.07, 6.45) is 1.84. The molecule has 0 saturated carbocycles. The monoisotopic (exact) mass is 489 g/mol. The number of benzene rings is 2. The number of anilines is 1. The van der Waals surface area contributed by atoms with Crippen LogP contribution in [0.15, 0.2) is 42.5 Å². The van der Waals surface area contributed by atoms with Crippen molar-refractivity contribution >= 4 is 27.5 Å². The second-order valence-corrected chi connectivity index (χ2v) is 10.3. The van der Waals surface area contributed by atoms with E-state index in [0.29, 0.717) is 18.0 Å². The van der Waals surface area contributed by atoms with Crippen LogP contribution >= 0.6 is 0 Å². The first-order valence-electron chi connectivity index (χ1n) is 11.2. The lowest BCUT2D eigenvalue weighted by atomic mass is 10.1. The maximum Gasteiger partial charge on any atom is 0.244 e. The average molecular weight is 490 g/mol. The first-order valence-corrected chi connectivity index (χ1v) is 13.1. The van der Waals surface area contributed by atoms with Crippen LogP contribution in [0.4, 0.5) is 5.69 Å². The van der Waals surface area contributed by atoms with E-state index >= 15 is 0 Å². The van der Waals surface area contributed by atoms with Gasteiger partial charge in [0.1, 0.15) is 18.3 Å². The minimum Gasteiger partial charge on any atom is -0.497 e. The lowest BCUT2D eigenvalue weighted by Gasteiger charge is -2.32. The zero-order valence-electron chi connectivity index (χ0n) is 20.8.